The molecule has 0 bridgehead atoms. The first-order valence-electron chi connectivity index (χ1n) is 10.00. The molecule has 0 unspecified atom stereocenters. The van der Waals surface area contributed by atoms with Crippen molar-refractivity contribution in [1.29, 1.82) is 0 Å². The highest BCUT2D eigenvalue weighted by molar-refractivity contribution is 6.31. The van der Waals surface area contributed by atoms with Crippen LogP contribution in [-0.2, 0) is 13.1 Å². The minimum absolute atomic E-state index is 0.240. The second-order valence-electron chi connectivity index (χ2n) is 7.19. The van der Waals surface area contributed by atoms with E-state index in [1.807, 2.05) is 42.5 Å². The molecule has 5 rings (SSSR count). The summed E-state index contributed by atoms with van der Waals surface area (Å²) in [4.78, 5) is 22.1. The van der Waals surface area contributed by atoms with Gasteiger partial charge in [-0.05, 0) is 42.0 Å². The Labute approximate surface area is 188 Å². The Bertz CT molecular complexity index is 1380. The lowest BCUT2D eigenvalue weighted by atomic mass is 10.1. The summed E-state index contributed by atoms with van der Waals surface area (Å²) in [5, 5.41) is 8.71. The average molecular weight is 444 g/mol. The molecule has 8 heteroatoms. The summed E-state index contributed by atoms with van der Waals surface area (Å²) in [6.45, 7) is 0.714. The Morgan fingerprint density at radius 2 is 2.00 bits per heavy atom. The zero-order chi connectivity index (χ0) is 21.9. The number of rotatable bonds is 6. The van der Waals surface area contributed by atoms with E-state index < -0.39 is 0 Å². The van der Waals surface area contributed by atoms with Gasteiger partial charge in [0.05, 0.1) is 42.2 Å². The summed E-state index contributed by atoms with van der Waals surface area (Å²) in [6.07, 6.45) is 6.65. The molecule has 1 N–H and O–H groups in total. The molecule has 4 heterocycles. The van der Waals surface area contributed by atoms with Crippen LogP contribution < -0.4 is 5.32 Å². The monoisotopic (exact) mass is 443 g/mol. The number of hydrogen-bond acceptors (Lipinski definition) is 5. The lowest BCUT2D eigenvalue weighted by Crippen LogP contribution is -2.23. The number of carbonyl (C=O) groups is 1. The molecule has 4 aromatic heterocycles. The van der Waals surface area contributed by atoms with Gasteiger partial charge in [0.1, 0.15) is 5.76 Å². The van der Waals surface area contributed by atoms with E-state index in [9.17, 15) is 4.79 Å². The van der Waals surface area contributed by atoms with E-state index in [2.05, 4.69) is 15.4 Å². The Kier molecular flexibility index (Phi) is 5.39. The third-order valence-corrected chi connectivity index (χ3v) is 5.46. The van der Waals surface area contributed by atoms with Crippen molar-refractivity contribution >= 4 is 28.5 Å². The zero-order valence-corrected chi connectivity index (χ0v) is 17.7. The summed E-state index contributed by atoms with van der Waals surface area (Å²) in [6, 6.07) is 16.7. The first kappa shape index (κ1) is 20.0. The van der Waals surface area contributed by atoms with Crippen molar-refractivity contribution in [3.05, 3.63) is 101 Å². The van der Waals surface area contributed by atoms with Gasteiger partial charge in [-0.3, -0.25) is 9.78 Å². The Morgan fingerprint density at radius 1 is 1.09 bits per heavy atom. The largest absolute Gasteiger partial charge is 0.467 e. The third kappa shape index (κ3) is 3.98. The van der Waals surface area contributed by atoms with Gasteiger partial charge in [-0.1, -0.05) is 29.8 Å². The van der Waals surface area contributed by atoms with Crippen molar-refractivity contribution in [3.63, 3.8) is 0 Å². The molecule has 0 spiro atoms. The zero-order valence-electron chi connectivity index (χ0n) is 16.9. The SMILES string of the molecule is O=C(NCc1ccco1)c1cc(-c2cccnc2)nc2c1cnn2Cc1ccccc1Cl. The van der Waals surface area contributed by atoms with Crippen LogP contribution in [0.1, 0.15) is 21.7 Å². The molecular weight excluding hydrogens is 426 g/mol. The van der Waals surface area contributed by atoms with E-state index in [1.165, 1.54) is 0 Å². The van der Waals surface area contributed by atoms with E-state index in [0.29, 0.717) is 39.6 Å². The van der Waals surface area contributed by atoms with E-state index in [-0.39, 0.29) is 12.5 Å². The fourth-order valence-corrected chi connectivity index (χ4v) is 3.67. The lowest BCUT2D eigenvalue weighted by molar-refractivity contribution is 0.0949. The van der Waals surface area contributed by atoms with E-state index in [0.717, 1.165) is 11.1 Å². The molecule has 0 atom stereocenters. The molecule has 0 radical (unpaired) electrons. The van der Waals surface area contributed by atoms with Gasteiger partial charge in [0.2, 0.25) is 0 Å². The highest BCUT2D eigenvalue weighted by atomic mass is 35.5. The molecule has 0 aliphatic carbocycles. The second kappa shape index (κ2) is 8.64. The van der Waals surface area contributed by atoms with Crippen molar-refractivity contribution in [2.75, 3.05) is 0 Å². The number of fused-ring (bicyclic) bond motifs is 1. The van der Waals surface area contributed by atoms with Crippen LogP contribution in [0, 0.1) is 0 Å². The van der Waals surface area contributed by atoms with Gasteiger partial charge in [0.15, 0.2) is 5.65 Å². The number of aromatic nitrogens is 4. The van der Waals surface area contributed by atoms with E-state index >= 15 is 0 Å². The van der Waals surface area contributed by atoms with Gasteiger partial charge in [-0.25, -0.2) is 9.67 Å². The van der Waals surface area contributed by atoms with Gasteiger partial charge >= 0.3 is 0 Å². The van der Waals surface area contributed by atoms with Crippen molar-refractivity contribution in [2.45, 2.75) is 13.1 Å². The molecule has 1 amide bonds. The van der Waals surface area contributed by atoms with Gasteiger partial charge in [0, 0.05) is 23.0 Å². The fourth-order valence-electron chi connectivity index (χ4n) is 3.48. The first-order valence-corrected chi connectivity index (χ1v) is 10.4. The van der Waals surface area contributed by atoms with Crippen molar-refractivity contribution < 1.29 is 9.21 Å². The maximum Gasteiger partial charge on any atom is 0.252 e. The average Bonchev–Trinajstić information content (AvgIpc) is 3.49. The molecule has 7 nitrogen and oxygen atoms in total. The Morgan fingerprint density at radius 3 is 2.78 bits per heavy atom. The number of hydrogen-bond donors (Lipinski definition) is 1. The highest BCUT2D eigenvalue weighted by Gasteiger charge is 2.18. The number of carbonyl (C=O) groups excluding carboxylic acids is 1. The number of nitrogens with zero attached hydrogens (tertiary/aromatic N) is 4. The van der Waals surface area contributed by atoms with Gasteiger partial charge in [0.25, 0.3) is 5.91 Å². The molecule has 0 saturated heterocycles. The van der Waals surface area contributed by atoms with Crippen LogP contribution in [-0.4, -0.2) is 25.7 Å². The summed E-state index contributed by atoms with van der Waals surface area (Å²) in [7, 11) is 0. The quantitative estimate of drug-likeness (QED) is 0.410. The molecule has 158 valence electrons. The minimum atomic E-state index is -0.240. The fraction of sp³-hybridized carbons (Fsp3) is 0.0833. The molecule has 5 aromatic rings. The molecule has 0 saturated carbocycles. The summed E-state index contributed by atoms with van der Waals surface area (Å²) in [5.74, 6) is 0.432. The Balaban J connectivity index is 1.58. The van der Waals surface area contributed by atoms with Crippen LogP contribution in [0.2, 0.25) is 5.02 Å². The van der Waals surface area contributed by atoms with E-state index in [1.54, 1.807) is 41.7 Å². The normalized spacial score (nSPS) is 11.0. The van der Waals surface area contributed by atoms with Gasteiger partial charge in [-0.15, -0.1) is 0 Å². The topological polar surface area (TPSA) is 85.8 Å². The number of halogens is 1. The smallest absolute Gasteiger partial charge is 0.252 e. The number of pyridine rings is 2. The van der Waals surface area contributed by atoms with Crippen LogP contribution >= 0.6 is 11.6 Å². The molecule has 1 aromatic carbocycles. The number of nitrogens with one attached hydrogen (secondary N) is 1. The predicted octanol–water partition coefficient (Wildman–Crippen LogP) is 4.72. The van der Waals surface area contributed by atoms with Gasteiger partial charge in [-0.2, -0.15) is 5.10 Å². The van der Waals surface area contributed by atoms with Gasteiger partial charge < -0.3 is 9.73 Å². The molecule has 0 aliphatic rings. The van der Waals surface area contributed by atoms with Crippen molar-refractivity contribution in [3.8, 4) is 11.3 Å². The number of furan rings is 1. The van der Waals surface area contributed by atoms with Crippen LogP contribution in [0.5, 0.6) is 0 Å². The number of benzene rings is 1. The van der Waals surface area contributed by atoms with E-state index in [4.69, 9.17) is 21.0 Å². The predicted molar refractivity (Wildman–Crippen MR) is 121 cm³/mol. The lowest BCUT2D eigenvalue weighted by Gasteiger charge is -2.10. The highest BCUT2D eigenvalue weighted by Crippen LogP contribution is 2.26. The molecule has 32 heavy (non-hydrogen) atoms. The van der Waals surface area contributed by atoms with Crippen molar-refractivity contribution in [2.24, 2.45) is 0 Å². The minimum Gasteiger partial charge on any atom is -0.467 e. The standard InChI is InChI=1S/C24H18ClN5O2/c25-21-8-2-1-5-17(21)15-30-23-20(14-28-30)19(24(31)27-13-18-7-4-10-32-18)11-22(29-23)16-6-3-9-26-12-16/h1-12,14H,13,15H2,(H,27,31). The molecule has 0 aliphatic heterocycles. The van der Waals surface area contributed by atoms with Crippen LogP contribution in [0.4, 0.5) is 0 Å². The second-order valence-corrected chi connectivity index (χ2v) is 7.60. The third-order valence-electron chi connectivity index (χ3n) is 5.09. The maximum atomic E-state index is 13.1. The first-order chi connectivity index (χ1) is 15.7. The summed E-state index contributed by atoms with van der Waals surface area (Å²) >= 11 is 6.35. The summed E-state index contributed by atoms with van der Waals surface area (Å²) < 4.78 is 7.07. The van der Waals surface area contributed by atoms with Crippen LogP contribution in [0.25, 0.3) is 22.3 Å². The molecular formula is C24H18ClN5O2. The van der Waals surface area contributed by atoms with Crippen molar-refractivity contribution in [1.82, 2.24) is 25.1 Å². The number of amides is 1. The Hall–Kier alpha value is -3.97. The molecule has 0 fully saturated rings. The van der Waals surface area contributed by atoms with Crippen LogP contribution in [0.15, 0.2) is 83.9 Å². The van der Waals surface area contributed by atoms with Crippen LogP contribution in [0.3, 0.4) is 0 Å². The summed E-state index contributed by atoms with van der Waals surface area (Å²) in [5.41, 5.74) is 3.42. The maximum absolute atomic E-state index is 13.1.